The summed E-state index contributed by atoms with van der Waals surface area (Å²) in [4.78, 5) is 0. The van der Waals surface area contributed by atoms with E-state index in [9.17, 15) is 13.2 Å². The van der Waals surface area contributed by atoms with Crippen LogP contribution in [0.5, 0.6) is 0 Å². The summed E-state index contributed by atoms with van der Waals surface area (Å²) >= 11 is 0. The summed E-state index contributed by atoms with van der Waals surface area (Å²) in [6.45, 7) is 3.68. The van der Waals surface area contributed by atoms with Gasteiger partial charge in [-0.15, -0.1) is 6.58 Å². The van der Waals surface area contributed by atoms with Crippen LogP contribution in [0.15, 0.2) is 59.3 Å². The van der Waals surface area contributed by atoms with Crippen molar-refractivity contribution in [3.8, 4) is 0 Å². The third-order valence-electron chi connectivity index (χ3n) is 3.10. The molecular weight excluding hydrogens is 301 g/mol. The lowest BCUT2D eigenvalue weighted by Crippen LogP contribution is -1.93. The van der Waals surface area contributed by atoms with E-state index in [2.05, 4.69) is 16.8 Å². The first-order valence-corrected chi connectivity index (χ1v) is 7.01. The van der Waals surface area contributed by atoms with Crippen LogP contribution in [0.4, 0.5) is 13.2 Å². The van der Waals surface area contributed by atoms with Crippen molar-refractivity contribution in [3.05, 3.63) is 83.2 Å². The Morgan fingerprint density at radius 3 is 2.00 bits per heavy atom. The van der Waals surface area contributed by atoms with Gasteiger partial charge in [0.2, 0.25) is 0 Å². The van der Waals surface area contributed by atoms with Gasteiger partial charge in [0.15, 0.2) is 17.5 Å². The molecule has 118 valence electrons. The van der Waals surface area contributed by atoms with Crippen molar-refractivity contribution in [1.29, 1.82) is 0 Å². The van der Waals surface area contributed by atoms with Gasteiger partial charge in [-0.25, -0.2) is 13.2 Å². The molecule has 0 spiro atoms. The number of benzene rings is 2. The van der Waals surface area contributed by atoms with Gasteiger partial charge in [0.25, 0.3) is 0 Å². The van der Waals surface area contributed by atoms with E-state index in [-0.39, 0.29) is 5.56 Å². The molecule has 0 saturated carbocycles. The molecule has 0 aliphatic carbocycles. The maximum Gasteiger partial charge on any atom is 0.194 e. The molecule has 0 amide bonds. The van der Waals surface area contributed by atoms with E-state index in [1.165, 1.54) is 11.8 Å². The Balaban J connectivity index is 1.99. The smallest absolute Gasteiger partial charge is 0.194 e. The van der Waals surface area contributed by atoms with E-state index in [1.54, 1.807) is 0 Å². The van der Waals surface area contributed by atoms with Crippen molar-refractivity contribution in [2.45, 2.75) is 12.8 Å². The number of aryl methyl sites for hydroxylation is 1. The Labute approximate surface area is 132 Å². The molecule has 0 saturated heterocycles. The summed E-state index contributed by atoms with van der Waals surface area (Å²) in [5.41, 5.74) is 2.14. The monoisotopic (exact) mass is 316 g/mol. The number of halogens is 3. The second-order valence-electron chi connectivity index (χ2n) is 4.86. The predicted molar refractivity (Wildman–Crippen MR) is 86.5 cm³/mol. The maximum absolute atomic E-state index is 13.0. The zero-order valence-electron chi connectivity index (χ0n) is 12.3. The minimum atomic E-state index is -1.50. The number of allylic oxidation sites excluding steroid dienone is 1. The Hall–Kier alpha value is -2.69. The highest BCUT2D eigenvalue weighted by Crippen LogP contribution is 2.12. The van der Waals surface area contributed by atoms with Crippen LogP contribution in [0.25, 0.3) is 0 Å². The number of rotatable bonds is 6. The van der Waals surface area contributed by atoms with Crippen LogP contribution in [-0.2, 0) is 6.42 Å². The molecule has 0 fully saturated rings. The molecule has 0 radical (unpaired) electrons. The topological polar surface area (TPSA) is 24.7 Å². The molecule has 0 aliphatic rings. The van der Waals surface area contributed by atoms with Crippen LogP contribution < -0.4 is 0 Å². The molecule has 0 aromatic heterocycles. The van der Waals surface area contributed by atoms with Gasteiger partial charge < -0.3 is 0 Å². The van der Waals surface area contributed by atoms with E-state index >= 15 is 0 Å². The van der Waals surface area contributed by atoms with Crippen LogP contribution >= 0.6 is 0 Å². The van der Waals surface area contributed by atoms with E-state index < -0.39 is 17.5 Å². The fraction of sp³-hybridized carbons (Fsp3) is 0.111. The first-order chi connectivity index (χ1) is 11.1. The number of hydrogen-bond acceptors (Lipinski definition) is 2. The van der Waals surface area contributed by atoms with Crippen molar-refractivity contribution < 1.29 is 13.2 Å². The average molecular weight is 316 g/mol. The van der Waals surface area contributed by atoms with E-state index in [0.29, 0.717) is 0 Å². The number of hydrogen-bond donors (Lipinski definition) is 0. The lowest BCUT2D eigenvalue weighted by atomic mass is 10.1. The minimum Gasteiger partial charge on any atom is -0.204 e. The van der Waals surface area contributed by atoms with Crippen molar-refractivity contribution in [2.75, 3.05) is 0 Å². The first kappa shape index (κ1) is 16.7. The van der Waals surface area contributed by atoms with E-state index in [4.69, 9.17) is 0 Å². The molecule has 2 nitrogen and oxygen atoms in total. The lowest BCUT2D eigenvalue weighted by Gasteiger charge is -1.98. The van der Waals surface area contributed by atoms with Crippen LogP contribution in [0.1, 0.15) is 23.1 Å². The van der Waals surface area contributed by atoms with Gasteiger partial charge in [0.05, 0.1) is 12.4 Å². The summed E-state index contributed by atoms with van der Waals surface area (Å²) < 4.78 is 38.8. The fourth-order valence-electron chi connectivity index (χ4n) is 1.89. The van der Waals surface area contributed by atoms with Crippen LogP contribution in [0, 0.1) is 17.5 Å². The van der Waals surface area contributed by atoms with Gasteiger partial charge in [0.1, 0.15) is 0 Å². The molecule has 0 unspecified atom stereocenters. The molecule has 5 heteroatoms. The standard InChI is InChI=1S/C18H15F3N2/c1-2-3-4-13-5-7-14(8-6-13)11-22-23-12-15-9-16(19)18(21)17(20)10-15/h2,5-12H,1,3-4H2/b22-11+,23-12+. The fourth-order valence-corrected chi connectivity index (χ4v) is 1.89. The first-order valence-electron chi connectivity index (χ1n) is 7.01. The van der Waals surface area contributed by atoms with Crippen LogP contribution in [0.3, 0.4) is 0 Å². The molecule has 0 bridgehead atoms. The molecule has 0 N–H and O–H groups in total. The van der Waals surface area contributed by atoms with E-state index in [1.807, 2.05) is 30.3 Å². The SMILES string of the molecule is C=CCCc1ccc(/C=N/N=C/c2cc(F)c(F)c(F)c2)cc1. The molecule has 2 aromatic carbocycles. The van der Waals surface area contributed by atoms with Gasteiger partial charge in [-0.2, -0.15) is 10.2 Å². The van der Waals surface area contributed by atoms with Crippen molar-refractivity contribution >= 4 is 12.4 Å². The van der Waals surface area contributed by atoms with E-state index in [0.717, 1.165) is 36.8 Å². The summed E-state index contributed by atoms with van der Waals surface area (Å²) in [5, 5.41) is 7.50. The highest BCUT2D eigenvalue weighted by Gasteiger charge is 2.09. The molecule has 2 rings (SSSR count). The van der Waals surface area contributed by atoms with Crippen LogP contribution in [-0.4, -0.2) is 12.4 Å². The van der Waals surface area contributed by atoms with Crippen molar-refractivity contribution in [3.63, 3.8) is 0 Å². The van der Waals surface area contributed by atoms with Crippen molar-refractivity contribution in [2.24, 2.45) is 10.2 Å². The summed E-state index contributed by atoms with van der Waals surface area (Å²) in [7, 11) is 0. The largest absolute Gasteiger partial charge is 0.204 e. The Kier molecular flexibility index (Phi) is 5.86. The normalized spacial score (nSPS) is 11.4. The summed E-state index contributed by atoms with van der Waals surface area (Å²) in [5.74, 6) is -4.02. The predicted octanol–water partition coefficient (Wildman–Crippen LogP) is 4.68. The van der Waals surface area contributed by atoms with Gasteiger partial charge >= 0.3 is 0 Å². The molecule has 0 aliphatic heterocycles. The third-order valence-corrected chi connectivity index (χ3v) is 3.10. The van der Waals surface area contributed by atoms with Gasteiger partial charge in [0, 0.05) is 5.56 Å². The second-order valence-corrected chi connectivity index (χ2v) is 4.86. The number of nitrogens with zero attached hydrogens (tertiary/aromatic N) is 2. The molecule has 0 atom stereocenters. The minimum absolute atomic E-state index is 0.0957. The maximum atomic E-state index is 13.0. The summed E-state index contributed by atoms with van der Waals surface area (Å²) in [6, 6.07) is 9.47. The highest BCUT2D eigenvalue weighted by atomic mass is 19.2. The van der Waals surface area contributed by atoms with Gasteiger partial charge in [-0.3, -0.25) is 0 Å². The summed E-state index contributed by atoms with van der Waals surface area (Å²) in [6.07, 6.45) is 6.39. The molecule has 23 heavy (non-hydrogen) atoms. The molecular formula is C18H15F3N2. The van der Waals surface area contributed by atoms with Crippen LogP contribution in [0.2, 0.25) is 0 Å². The third kappa shape index (κ3) is 4.92. The Morgan fingerprint density at radius 2 is 1.43 bits per heavy atom. The van der Waals surface area contributed by atoms with Gasteiger partial charge in [-0.1, -0.05) is 30.3 Å². The Bertz CT molecular complexity index is 711. The molecule has 0 heterocycles. The van der Waals surface area contributed by atoms with Crippen molar-refractivity contribution in [1.82, 2.24) is 0 Å². The van der Waals surface area contributed by atoms with Gasteiger partial charge in [-0.05, 0) is 36.1 Å². The quantitative estimate of drug-likeness (QED) is 0.320. The second kappa shape index (κ2) is 8.08. The highest BCUT2D eigenvalue weighted by molar-refractivity contribution is 5.82. The zero-order valence-corrected chi connectivity index (χ0v) is 12.3. The average Bonchev–Trinajstić information content (AvgIpc) is 2.55. The lowest BCUT2D eigenvalue weighted by molar-refractivity contribution is 0.447. The molecule has 2 aromatic rings. The Morgan fingerprint density at radius 1 is 0.870 bits per heavy atom. The zero-order chi connectivity index (χ0) is 16.7.